The van der Waals surface area contributed by atoms with Gasteiger partial charge in [0.15, 0.2) is 0 Å². The third-order valence-electron chi connectivity index (χ3n) is 4.70. The zero-order chi connectivity index (χ0) is 18.3. The lowest BCUT2D eigenvalue weighted by Gasteiger charge is -2.09. The van der Waals surface area contributed by atoms with Gasteiger partial charge in [-0.25, -0.2) is 0 Å². The summed E-state index contributed by atoms with van der Waals surface area (Å²) in [5, 5.41) is 14.9. The summed E-state index contributed by atoms with van der Waals surface area (Å²) in [6.07, 6.45) is 0.765. The molecule has 2 heterocycles. The molecule has 0 fully saturated rings. The molecule has 0 saturated carbocycles. The Kier molecular flexibility index (Phi) is 3.93. The highest BCUT2D eigenvalue weighted by Gasteiger charge is 2.15. The molecule has 7 nitrogen and oxygen atoms in total. The number of pyridine rings is 1. The van der Waals surface area contributed by atoms with E-state index < -0.39 is 0 Å². The van der Waals surface area contributed by atoms with Crippen LogP contribution < -0.4 is 11.1 Å². The molecule has 0 unspecified atom stereocenters. The minimum atomic E-state index is -0.372. The SMILES string of the molecule is Cn1c2ccc([N+](=O)[O-])cc2c(=NCCCN)c2c3ccccc3[nH]c21. The Morgan fingerprint density at radius 1 is 1.23 bits per heavy atom. The van der Waals surface area contributed by atoms with E-state index in [1.807, 2.05) is 35.9 Å². The van der Waals surface area contributed by atoms with Crippen LogP contribution in [0.15, 0.2) is 47.5 Å². The number of H-pyrrole nitrogens is 1. The average molecular weight is 349 g/mol. The fourth-order valence-corrected chi connectivity index (χ4v) is 3.44. The summed E-state index contributed by atoms with van der Waals surface area (Å²) < 4.78 is 2.02. The summed E-state index contributed by atoms with van der Waals surface area (Å²) in [5.41, 5.74) is 8.52. The van der Waals surface area contributed by atoms with Crippen LogP contribution in [0.3, 0.4) is 0 Å². The van der Waals surface area contributed by atoms with Crippen molar-refractivity contribution in [1.82, 2.24) is 9.55 Å². The number of nitrogens with two attached hydrogens (primary N) is 1. The molecule has 26 heavy (non-hydrogen) atoms. The van der Waals surface area contributed by atoms with Crippen molar-refractivity contribution >= 4 is 38.5 Å². The fraction of sp³-hybridized carbons (Fsp3) is 0.211. The van der Waals surface area contributed by atoms with Crippen LogP contribution in [-0.4, -0.2) is 27.6 Å². The molecule has 0 aliphatic carbocycles. The number of rotatable bonds is 4. The number of nitrogens with zero attached hydrogens (tertiary/aromatic N) is 3. The van der Waals surface area contributed by atoms with Gasteiger partial charge in [0.25, 0.3) is 5.69 Å². The largest absolute Gasteiger partial charge is 0.341 e. The van der Waals surface area contributed by atoms with Crippen molar-refractivity contribution < 1.29 is 4.92 Å². The topological polar surface area (TPSA) is 102 Å². The molecule has 132 valence electrons. The molecule has 0 aliphatic heterocycles. The van der Waals surface area contributed by atoms with Crippen LogP contribution in [0.1, 0.15) is 6.42 Å². The Balaban J connectivity index is 2.22. The Morgan fingerprint density at radius 3 is 2.81 bits per heavy atom. The highest BCUT2D eigenvalue weighted by atomic mass is 16.6. The van der Waals surface area contributed by atoms with E-state index in [9.17, 15) is 10.1 Å². The number of nitro groups is 1. The minimum Gasteiger partial charge on any atom is -0.341 e. The quantitative estimate of drug-likeness (QED) is 0.336. The van der Waals surface area contributed by atoms with Crippen molar-refractivity contribution in [3.63, 3.8) is 0 Å². The van der Waals surface area contributed by atoms with E-state index in [2.05, 4.69) is 4.98 Å². The van der Waals surface area contributed by atoms with Gasteiger partial charge < -0.3 is 15.3 Å². The van der Waals surface area contributed by atoms with Crippen molar-refractivity contribution in [3.8, 4) is 0 Å². The first-order valence-electron chi connectivity index (χ1n) is 8.50. The fourth-order valence-electron chi connectivity index (χ4n) is 3.44. The maximum Gasteiger partial charge on any atom is 0.270 e. The van der Waals surface area contributed by atoms with Gasteiger partial charge in [-0.15, -0.1) is 0 Å². The molecule has 0 radical (unpaired) electrons. The summed E-state index contributed by atoms with van der Waals surface area (Å²) >= 11 is 0. The van der Waals surface area contributed by atoms with Crippen LogP contribution in [0.2, 0.25) is 0 Å². The molecule has 3 N–H and O–H groups in total. The first-order valence-corrected chi connectivity index (χ1v) is 8.50. The van der Waals surface area contributed by atoms with Crippen LogP contribution in [0.5, 0.6) is 0 Å². The summed E-state index contributed by atoms with van der Waals surface area (Å²) in [5.74, 6) is 0. The second kappa shape index (κ2) is 6.27. The summed E-state index contributed by atoms with van der Waals surface area (Å²) in [6, 6.07) is 12.9. The Morgan fingerprint density at radius 2 is 2.04 bits per heavy atom. The number of aromatic nitrogens is 2. The van der Waals surface area contributed by atoms with Crippen molar-refractivity contribution in [3.05, 3.63) is 57.9 Å². The molecule has 0 amide bonds. The van der Waals surface area contributed by atoms with Crippen molar-refractivity contribution in [2.45, 2.75) is 6.42 Å². The van der Waals surface area contributed by atoms with Gasteiger partial charge in [-0.05, 0) is 25.1 Å². The Hall–Kier alpha value is -3.19. The van der Waals surface area contributed by atoms with Crippen LogP contribution in [0.25, 0.3) is 32.8 Å². The maximum absolute atomic E-state index is 11.3. The predicted octanol–water partition coefficient (Wildman–Crippen LogP) is 2.97. The number of para-hydroxylation sites is 1. The number of nitrogens with one attached hydrogen (secondary N) is 1. The number of benzene rings is 2. The smallest absolute Gasteiger partial charge is 0.270 e. The first-order chi connectivity index (χ1) is 12.6. The van der Waals surface area contributed by atoms with E-state index in [1.165, 1.54) is 6.07 Å². The standard InChI is InChI=1S/C19H19N5O2/c1-23-16-8-7-12(24(25)26)11-14(16)18(21-10-4-9-20)17-13-5-2-3-6-15(13)22-19(17)23/h2-3,5-8,11,22H,4,9-10,20H2,1H3. The summed E-state index contributed by atoms with van der Waals surface area (Å²) in [6.45, 7) is 1.13. The van der Waals surface area contributed by atoms with E-state index in [0.717, 1.165) is 44.6 Å². The highest BCUT2D eigenvalue weighted by molar-refractivity contribution is 6.09. The molecule has 0 spiro atoms. The zero-order valence-electron chi connectivity index (χ0n) is 14.4. The van der Waals surface area contributed by atoms with E-state index in [1.54, 1.807) is 12.1 Å². The normalized spacial score (nSPS) is 12.5. The van der Waals surface area contributed by atoms with Crippen molar-refractivity contribution in [2.75, 3.05) is 13.1 Å². The third kappa shape index (κ3) is 2.44. The molecular formula is C19H19N5O2. The first kappa shape index (κ1) is 16.3. The molecule has 7 heteroatoms. The number of non-ortho nitro benzene ring substituents is 1. The summed E-state index contributed by atoms with van der Waals surface area (Å²) in [4.78, 5) is 19.1. The van der Waals surface area contributed by atoms with Gasteiger partial charge in [-0.3, -0.25) is 15.1 Å². The lowest BCUT2D eigenvalue weighted by molar-refractivity contribution is -0.384. The molecule has 2 aromatic carbocycles. The summed E-state index contributed by atoms with van der Waals surface area (Å²) in [7, 11) is 1.95. The van der Waals surface area contributed by atoms with E-state index in [4.69, 9.17) is 10.7 Å². The lowest BCUT2D eigenvalue weighted by Crippen LogP contribution is -2.12. The maximum atomic E-state index is 11.3. The number of fused-ring (bicyclic) bond motifs is 4. The van der Waals surface area contributed by atoms with Crippen LogP contribution >= 0.6 is 0 Å². The highest BCUT2D eigenvalue weighted by Crippen LogP contribution is 2.27. The zero-order valence-corrected chi connectivity index (χ0v) is 14.4. The third-order valence-corrected chi connectivity index (χ3v) is 4.70. The molecule has 0 bridgehead atoms. The second-order valence-electron chi connectivity index (χ2n) is 6.28. The van der Waals surface area contributed by atoms with Crippen molar-refractivity contribution in [1.29, 1.82) is 0 Å². The second-order valence-corrected chi connectivity index (χ2v) is 6.28. The molecular weight excluding hydrogens is 330 g/mol. The number of hydrogen-bond acceptors (Lipinski definition) is 4. The predicted molar refractivity (Wildman–Crippen MR) is 103 cm³/mol. The van der Waals surface area contributed by atoms with Gasteiger partial charge in [0.05, 0.1) is 21.2 Å². The van der Waals surface area contributed by atoms with Gasteiger partial charge in [-0.2, -0.15) is 0 Å². The number of hydrogen-bond donors (Lipinski definition) is 2. The van der Waals surface area contributed by atoms with E-state index in [0.29, 0.717) is 13.1 Å². The van der Waals surface area contributed by atoms with Gasteiger partial charge in [0, 0.05) is 42.0 Å². The molecule has 0 atom stereocenters. The van der Waals surface area contributed by atoms with Crippen molar-refractivity contribution in [2.24, 2.45) is 17.8 Å². The van der Waals surface area contributed by atoms with Crippen LogP contribution in [0.4, 0.5) is 5.69 Å². The van der Waals surface area contributed by atoms with E-state index in [-0.39, 0.29) is 10.6 Å². The van der Waals surface area contributed by atoms with E-state index >= 15 is 0 Å². The number of aryl methyl sites for hydroxylation is 1. The molecule has 0 aliphatic rings. The average Bonchev–Trinajstić information content (AvgIpc) is 3.04. The molecule has 4 rings (SSSR count). The minimum absolute atomic E-state index is 0.0620. The number of aromatic amines is 1. The lowest BCUT2D eigenvalue weighted by atomic mass is 10.1. The molecule has 2 aromatic heterocycles. The van der Waals surface area contributed by atoms with Gasteiger partial charge in [0.1, 0.15) is 5.65 Å². The number of nitro benzene ring substituents is 1. The van der Waals surface area contributed by atoms with Gasteiger partial charge in [-0.1, -0.05) is 18.2 Å². The Labute approximate surface area is 148 Å². The monoisotopic (exact) mass is 349 g/mol. The van der Waals surface area contributed by atoms with Crippen LogP contribution in [-0.2, 0) is 7.05 Å². The molecule has 4 aromatic rings. The van der Waals surface area contributed by atoms with Gasteiger partial charge >= 0.3 is 0 Å². The Bertz CT molecular complexity index is 1220. The van der Waals surface area contributed by atoms with Gasteiger partial charge in [0.2, 0.25) is 0 Å². The van der Waals surface area contributed by atoms with Crippen LogP contribution in [0, 0.1) is 10.1 Å². The molecule has 0 saturated heterocycles.